The second-order valence-corrected chi connectivity index (χ2v) is 4.97. The van der Waals surface area contributed by atoms with Gasteiger partial charge in [0.1, 0.15) is 0 Å². The van der Waals surface area contributed by atoms with Crippen molar-refractivity contribution in [1.29, 1.82) is 0 Å². The zero-order valence-electron chi connectivity index (χ0n) is 12.6. The molecule has 1 heterocycles. The summed E-state index contributed by atoms with van der Waals surface area (Å²) in [5.74, 6) is 1.68. The van der Waals surface area contributed by atoms with Gasteiger partial charge in [-0.05, 0) is 30.7 Å². The lowest BCUT2D eigenvalue weighted by atomic mass is 9.99. The highest BCUT2D eigenvalue weighted by Gasteiger charge is 2.22. The standard InChI is InChI=1S/C16H25NO3/c1-4-13(18-3)16(17-5-2)12-7-8-14-15(11-12)20-10-6-9-19-14/h7-8,11,13,16-17H,4-6,9-10H2,1-3H3. The molecule has 1 aliphatic rings. The van der Waals surface area contributed by atoms with Crippen molar-refractivity contribution in [1.82, 2.24) is 5.32 Å². The number of likely N-dealkylation sites (N-methyl/N-ethyl adjacent to an activating group) is 1. The van der Waals surface area contributed by atoms with Crippen molar-refractivity contribution in [3.05, 3.63) is 23.8 Å². The fourth-order valence-corrected chi connectivity index (χ4v) is 2.60. The molecular weight excluding hydrogens is 254 g/mol. The Morgan fingerprint density at radius 1 is 1.20 bits per heavy atom. The molecule has 0 amide bonds. The summed E-state index contributed by atoms with van der Waals surface area (Å²) in [5, 5.41) is 3.50. The number of nitrogens with one attached hydrogen (secondary N) is 1. The number of hydrogen-bond acceptors (Lipinski definition) is 4. The van der Waals surface area contributed by atoms with Gasteiger partial charge in [-0.25, -0.2) is 0 Å². The molecule has 2 unspecified atom stereocenters. The van der Waals surface area contributed by atoms with Crippen LogP contribution in [0.4, 0.5) is 0 Å². The first kappa shape index (κ1) is 15.1. The average molecular weight is 279 g/mol. The average Bonchev–Trinajstić information content (AvgIpc) is 2.72. The summed E-state index contributed by atoms with van der Waals surface area (Å²) in [4.78, 5) is 0. The molecule has 1 aromatic carbocycles. The molecule has 1 aliphatic heterocycles. The van der Waals surface area contributed by atoms with Crippen LogP contribution in [0.1, 0.15) is 38.3 Å². The number of benzene rings is 1. The smallest absolute Gasteiger partial charge is 0.161 e. The van der Waals surface area contributed by atoms with Crippen LogP contribution >= 0.6 is 0 Å². The molecule has 0 fully saturated rings. The van der Waals surface area contributed by atoms with E-state index in [0.717, 1.165) is 37.5 Å². The van der Waals surface area contributed by atoms with Gasteiger partial charge in [-0.3, -0.25) is 0 Å². The minimum atomic E-state index is 0.152. The van der Waals surface area contributed by atoms with Crippen LogP contribution in [0.5, 0.6) is 11.5 Å². The van der Waals surface area contributed by atoms with Crippen LogP contribution in [0.15, 0.2) is 18.2 Å². The van der Waals surface area contributed by atoms with E-state index in [9.17, 15) is 0 Å². The van der Waals surface area contributed by atoms with Gasteiger partial charge in [0.05, 0.1) is 25.4 Å². The van der Waals surface area contributed by atoms with Gasteiger partial charge in [-0.2, -0.15) is 0 Å². The summed E-state index contributed by atoms with van der Waals surface area (Å²) in [6, 6.07) is 6.35. The van der Waals surface area contributed by atoms with Gasteiger partial charge < -0.3 is 19.5 Å². The molecular formula is C16H25NO3. The van der Waals surface area contributed by atoms with Crippen molar-refractivity contribution in [3.63, 3.8) is 0 Å². The molecule has 4 heteroatoms. The summed E-state index contributed by atoms with van der Waals surface area (Å²) in [6.07, 6.45) is 2.04. The Bertz CT molecular complexity index is 418. The molecule has 0 bridgehead atoms. The van der Waals surface area contributed by atoms with Gasteiger partial charge in [0.15, 0.2) is 11.5 Å². The van der Waals surface area contributed by atoms with Crippen molar-refractivity contribution < 1.29 is 14.2 Å². The number of rotatable bonds is 6. The van der Waals surface area contributed by atoms with E-state index in [4.69, 9.17) is 14.2 Å². The van der Waals surface area contributed by atoms with Crippen molar-refractivity contribution in [2.45, 2.75) is 38.8 Å². The van der Waals surface area contributed by atoms with Crippen LogP contribution < -0.4 is 14.8 Å². The van der Waals surface area contributed by atoms with E-state index in [-0.39, 0.29) is 12.1 Å². The van der Waals surface area contributed by atoms with E-state index in [2.05, 4.69) is 31.3 Å². The van der Waals surface area contributed by atoms with Crippen LogP contribution in [0, 0.1) is 0 Å². The normalized spacial score (nSPS) is 17.4. The number of hydrogen-bond donors (Lipinski definition) is 1. The van der Waals surface area contributed by atoms with Gasteiger partial charge >= 0.3 is 0 Å². The second-order valence-electron chi connectivity index (χ2n) is 4.97. The van der Waals surface area contributed by atoms with Crippen LogP contribution in [0.25, 0.3) is 0 Å². The highest BCUT2D eigenvalue weighted by atomic mass is 16.5. The molecule has 0 radical (unpaired) electrons. The predicted molar refractivity (Wildman–Crippen MR) is 79.6 cm³/mol. The second kappa shape index (κ2) is 7.50. The van der Waals surface area contributed by atoms with Crippen molar-refractivity contribution in [3.8, 4) is 11.5 Å². The lowest BCUT2D eigenvalue weighted by Gasteiger charge is -2.26. The largest absolute Gasteiger partial charge is 0.490 e. The van der Waals surface area contributed by atoms with Crippen molar-refractivity contribution >= 4 is 0 Å². The molecule has 1 aromatic rings. The number of ether oxygens (including phenoxy) is 3. The Kier molecular flexibility index (Phi) is 5.68. The van der Waals surface area contributed by atoms with Crippen molar-refractivity contribution in [2.75, 3.05) is 26.9 Å². The van der Waals surface area contributed by atoms with Crippen LogP contribution in [0.3, 0.4) is 0 Å². The van der Waals surface area contributed by atoms with Crippen molar-refractivity contribution in [2.24, 2.45) is 0 Å². The molecule has 0 aromatic heterocycles. The predicted octanol–water partition coefficient (Wildman–Crippen LogP) is 2.92. The van der Waals surface area contributed by atoms with Gasteiger partial charge in [0.2, 0.25) is 0 Å². The Balaban J connectivity index is 2.26. The lowest BCUT2D eigenvalue weighted by Crippen LogP contribution is -2.32. The number of fused-ring (bicyclic) bond motifs is 1. The third kappa shape index (κ3) is 3.44. The van der Waals surface area contributed by atoms with E-state index in [0.29, 0.717) is 6.61 Å². The van der Waals surface area contributed by atoms with E-state index >= 15 is 0 Å². The SMILES string of the molecule is CCNC(c1ccc2c(c1)OCCCO2)C(CC)OC. The minimum Gasteiger partial charge on any atom is -0.490 e. The van der Waals surface area contributed by atoms with E-state index < -0.39 is 0 Å². The number of methoxy groups -OCH3 is 1. The summed E-state index contributed by atoms with van der Waals surface area (Å²) < 4.78 is 17.1. The molecule has 0 spiro atoms. The molecule has 0 saturated carbocycles. The zero-order valence-corrected chi connectivity index (χ0v) is 12.6. The maximum Gasteiger partial charge on any atom is 0.161 e. The Hall–Kier alpha value is -1.26. The van der Waals surface area contributed by atoms with Crippen LogP contribution in [-0.2, 0) is 4.74 Å². The minimum absolute atomic E-state index is 0.152. The molecule has 112 valence electrons. The molecule has 4 nitrogen and oxygen atoms in total. The first-order valence-corrected chi connectivity index (χ1v) is 7.45. The lowest BCUT2D eigenvalue weighted by molar-refractivity contribution is 0.0655. The van der Waals surface area contributed by atoms with Gasteiger partial charge in [0, 0.05) is 13.5 Å². The summed E-state index contributed by atoms with van der Waals surface area (Å²) in [6.45, 7) is 6.58. The molecule has 0 saturated heterocycles. The van der Waals surface area contributed by atoms with E-state index in [1.807, 2.05) is 6.07 Å². The fourth-order valence-electron chi connectivity index (χ4n) is 2.60. The van der Waals surface area contributed by atoms with Crippen LogP contribution in [0.2, 0.25) is 0 Å². The zero-order chi connectivity index (χ0) is 14.4. The first-order chi connectivity index (χ1) is 9.80. The van der Waals surface area contributed by atoms with E-state index in [1.165, 1.54) is 5.56 Å². The maximum atomic E-state index is 5.77. The molecule has 2 rings (SSSR count). The fraction of sp³-hybridized carbons (Fsp3) is 0.625. The molecule has 2 atom stereocenters. The molecule has 20 heavy (non-hydrogen) atoms. The molecule has 0 aliphatic carbocycles. The van der Waals surface area contributed by atoms with E-state index in [1.54, 1.807) is 7.11 Å². The quantitative estimate of drug-likeness (QED) is 0.869. The first-order valence-electron chi connectivity index (χ1n) is 7.45. The van der Waals surface area contributed by atoms with Gasteiger partial charge in [-0.15, -0.1) is 0 Å². The summed E-state index contributed by atoms with van der Waals surface area (Å²) in [7, 11) is 1.77. The van der Waals surface area contributed by atoms with Crippen LogP contribution in [-0.4, -0.2) is 33.0 Å². The maximum absolute atomic E-state index is 5.77. The highest BCUT2D eigenvalue weighted by molar-refractivity contribution is 5.44. The summed E-state index contributed by atoms with van der Waals surface area (Å²) in [5.41, 5.74) is 1.19. The highest BCUT2D eigenvalue weighted by Crippen LogP contribution is 2.33. The third-order valence-corrected chi connectivity index (χ3v) is 3.63. The van der Waals surface area contributed by atoms with Gasteiger partial charge in [-0.1, -0.05) is 19.9 Å². The topological polar surface area (TPSA) is 39.7 Å². The third-order valence-electron chi connectivity index (χ3n) is 3.63. The Morgan fingerprint density at radius 2 is 1.95 bits per heavy atom. The molecule has 1 N–H and O–H groups in total. The summed E-state index contributed by atoms with van der Waals surface area (Å²) >= 11 is 0. The van der Waals surface area contributed by atoms with Gasteiger partial charge in [0.25, 0.3) is 0 Å². The Morgan fingerprint density at radius 3 is 2.60 bits per heavy atom. The monoisotopic (exact) mass is 279 g/mol. The Labute approximate surface area is 121 Å².